The van der Waals surface area contributed by atoms with Crippen molar-refractivity contribution in [2.24, 2.45) is 0 Å². The van der Waals surface area contributed by atoms with Gasteiger partial charge >= 0.3 is 12.0 Å². The molecule has 0 fully saturated rings. The van der Waals surface area contributed by atoms with Gasteiger partial charge in [0.1, 0.15) is 11.5 Å². The maximum atomic E-state index is 12.4. The molecule has 3 amide bonds. The van der Waals surface area contributed by atoms with E-state index in [1.54, 1.807) is 61.5 Å². The summed E-state index contributed by atoms with van der Waals surface area (Å²) in [7, 11) is 0. The number of imide groups is 1. The minimum Gasteiger partial charge on any atom is -0.494 e. The lowest BCUT2D eigenvalue weighted by Crippen LogP contribution is -2.42. The van der Waals surface area contributed by atoms with Crippen LogP contribution in [-0.4, -0.2) is 37.7 Å². The maximum absolute atomic E-state index is 12.4. The smallest absolute Gasteiger partial charge is 0.345 e. The van der Waals surface area contributed by atoms with Crippen LogP contribution in [0, 0.1) is 0 Å². The van der Waals surface area contributed by atoms with Crippen molar-refractivity contribution in [2.45, 2.75) is 20.0 Å². The van der Waals surface area contributed by atoms with Gasteiger partial charge in [0.05, 0.1) is 6.61 Å². The Kier molecular flexibility index (Phi) is 8.50. The average Bonchev–Trinajstić information content (AvgIpc) is 2.72. The van der Waals surface area contributed by atoms with Gasteiger partial charge in [-0.1, -0.05) is 30.3 Å². The van der Waals surface area contributed by atoms with Gasteiger partial charge in [-0.3, -0.25) is 10.1 Å². The highest BCUT2D eigenvalue weighted by Gasteiger charge is 2.26. The SMILES string of the molecule is CCNC(=O)NC(=O)[C@@H](OC(=O)COc1ccc(OCC)cc1)c1ccccc1. The summed E-state index contributed by atoms with van der Waals surface area (Å²) in [5.74, 6) is -0.364. The molecule has 1 atom stereocenters. The molecule has 8 heteroatoms. The van der Waals surface area contributed by atoms with Crippen LogP contribution in [0.4, 0.5) is 4.79 Å². The number of ether oxygens (including phenoxy) is 3. The minimum atomic E-state index is -1.28. The number of urea groups is 1. The first-order chi connectivity index (χ1) is 14.0. The summed E-state index contributed by atoms with van der Waals surface area (Å²) in [6.07, 6.45) is -1.28. The first-order valence-electron chi connectivity index (χ1n) is 9.22. The molecule has 0 spiro atoms. The molecule has 0 saturated heterocycles. The van der Waals surface area contributed by atoms with Crippen molar-refractivity contribution in [3.05, 3.63) is 60.2 Å². The summed E-state index contributed by atoms with van der Waals surface area (Å²) in [5, 5.41) is 4.61. The maximum Gasteiger partial charge on any atom is 0.345 e. The molecule has 2 aromatic rings. The Morgan fingerprint density at radius 2 is 1.52 bits per heavy atom. The van der Waals surface area contributed by atoms with E-state index in [0.29, 0.717) is 30.2 Å². The van der Waals surface area contributed by atoms with E-state index in [4.69, 9.17) is 14.2 Å². The highest BCUT2D eigenvalue weighted by atomic mass is 16.6. The number of esters is 1. The molecule has 2 aromatic carbocycles. The zero-order valence-electron chi connectivity index (χ0n) is 16.3. The third-order valence-corrected chi connectivity index (χ3v) is 3.66. The Hall–Kier alpha value is -3.55. The van der Waals surface area contributed by atoms with E-state index in [1.165, 1.54) is 0 Å². The average molecular weight is 400 g/mol. The molecule has 0 saturated carbocycles. The van der Waals surface area contributed by atoms with E-state index in [-0.39, 0.29) is 0 Å². The number of carbonyl (C=O) groups is 3. The molecule has 154 valence electrons. The summed E-state index contributed by atoms with van der Waals surface area (Å²) < 4.78 is 16.0. The van der Waals surface area contributed by atoms with Gasteiger partial charge in [-0.15, -0.1) is 0 Å². The Morgan fingerprint density at radius 1 is 0.897 bits per heavy atom. The topological polar surface area (TPSA) is 103 Å². The predicted octanol–water partition coefficient (Wildman–Crippen LogP) is 2.59. The van der Waals surface area contributed by atoms with Crippen LogP contribution in [0.25, 0.3) is 0 Å². The Labute approximate surface area is 169 Å². The van der Waals surface area contributed by atoms with Crippen molar-refractivity contribution in [1.82, 2.24) is 10.6 Å². The molecule has 0 aliphatic rings. The van der Waals surface area contributed by atoms with Crippen LogP contribution >= 0.6 is 0 Å². The second-order valence-electron chi connectivity index (χ2n) is 5.82. The predicted molar refractivity (Wildman–Crippen MR) is 106 cm³/mol. The van der Waals surface area contributed by atoms with Crippen LogP contribution < -0.4 is 20.1 Å². The lowest BCUT2D eigenvalue weighted by Gasteiger charge is -2.18. The third-order valence-electron chi connectivity index (χ3n) is 3.66. The fourth-order valence-electron chi connectivity index (χ4n) is 2.39. The van der Waals surface area contributed by atoms with Crippen molar-refractivity contribution >= 4 is 17.9 Å². The quantitative estimate of drug-likeness (QED) is 0.627. The summed E-state index contributed by atoms with van der Waals surface area (Å²) in [4.78, 5) is 36.3. The summed E-state index contributed by atoms with van der Waals surface area (Å²) >= 11 is 0. The molecular weight excluding hydrogens is 376 g/mol. The number of hydrogen-bond donors (Lipinski definition) is 2. The van der Waals surface area contributed by atoms with Gasteiger partial charge < -0.3 is 19.5 Å². The van der Waals surface area contributed by atoms with Gasteiger partial charge in [-0.2, -0.15) is 0 Å². The minimum absolute atomic E-state index is 0.352. The van der Waals surface area contributed by atoms with Crippen LogP contribution in [0.2, 0.25) is 0 Å². The van der Waals surface area contributed by atoms with Crippen LogP contribution in [-0.2, 0) is 14.3 Å². The van der Waals surface area contributed by atoms with E-state index in [2.05, 4.69) is 10.6 Å². The fourth-order valence-corrected chi connectivity index (χ4v) is 2.39. The van der Waals surface area contributed by atoms with E-state index < -0.39 is 30.6 Å². The number of rotatable bonds is 9. The lowest BCUT2D eigenvalue weighted by molar-refractivity contribution is -0.158. The van der Waals surface area contributed by atoms with Crippen LogP contribution in [0.3, 0.4) is 0 Å². The summed E-state index contributed by atoms with van der Waals surface area (Å²) in [5.41, 5.74) is 0.434. The molecule has 2 N–H and O–H groups in total. The van der Waals surface area contributed by atoms with E-state index in [1.807, 2.05) is 6.92 Å². The highest BCUT2D eigenvalue weighted by Crippen LogP contribution is 2.20. The Bertz CT molecular complexity index is 808. The highest BCUT2D eigenvalue weighted by molar-refractivity contribution is 5.97. The zero-order valence-corrected chi connectivity index (χ0v) is 16.3. The zero-order chi connectivity index (χ0) is 21.1. The molecule has 0 heterocycles. The van der Waals surface area contributed by atoms with Crippen LogP contribution in [0.5, 0.6) is 11.5 Å². The Balaban J connectivity index is 1.99. The number of amides is 3. The molecule has 0 radical (unpaired) electrons. The first kappa shape index (κ1) is 21.7. The van der Waals surface area contributed by atoms with Crippen LogP contribution in [0.1, 0.15) is 25.5 Å². The van der Waals surface area contributed by atoms with Gasteiger partial charge in [-0.05, 0) is 38.1 Å². The second-order valence-corrected chi connectivity index (χ2v) is 5.82. The molecule has 29 heavy (non-hydrogen) atoms. The van der Waals surface area contributed by atoms with Crippen molar-refractivity contribution in [2.75, 3.05) is 19.8 Å². The third kappa shape index (κ3) is 7.17. The van der Waals surface area contributed by atoms with Gasteiger partial charge in [0.15, 0.2) is 6.61 Å². The number of benzene rings is 2. The molecular formula is C21H24N2O6. The normalized spacial score (nSPS) is 11.1. The van der Waals surface area contributed by atoms with Crippen molar-refractivity contribution in [1.29, 1.82) is 0 Å². The molecule has 2 rings (SSSR count). The van der Waals surface area contributed by atoms with Crippen molar-refractivity contribution < 1.29 is 28.6 Å². The largest absolute Gasteiger partial charge is 0.494 e. The molecule has 0 aromatic heterocycles. The molecule has 0 aliphatic carbocycles. The van der Waals surface area contributed by atoms with Gasteiger partial charge in [0, 0.05) is 12.1 Å². The number of hydrogen-bond acceptors (Lipinski definition) is 6. The molecule has 8 nitrogen and oxygen atoms in total. The molecule has 0 aliphatic heterocycles. The number of carbonyl (C=O) groups excluding carboxylic acids is 3. The lowest BCUT2D eigenvalue weighted by atomic mass is 10.1. The summed E-state index contributed by atoms with van der Waals surface area (Å²) in [6.45, 7) is 4.10. The van der Waals surface area contributed by atoms with Crippen LogP contribution in [0.15, 0.2) is 54.6 Å². The number of nitrogens with one attached hydrogen (secondary N) is 2. The van der Waals surface area contributed by atoms with E-state index in [0.717, 1.165) is 0 Å². The van der Waals surface area contributed by atoms with E-state index >= 15 is 0 Å². The van der Waals surface area contributed by atoms with E-state index in [9.17, 15) is 14.4 Å². The van der Waals surface area contributed by atoms with Crippen molar-refractivity contribution in [3.63, 3.8) is 0 Å². The van der Waals surface area contributed by atoms with Gasteiger partial charge in [0.25, 0.3) is 5.91 Å². The second kappa shape index (κ2) is 11.3. The molecule has 0 bridgehead atoms. The summed E-state index contributed by atoms with van der Waals surface area (Å²) in [6, 6.07) is 14.5. The molecule has 0 unspecified atom stereocenters. The monoisotopic (exact) mass is 400 g/mol. The van der Waals surface area contributed by atoms with Crippen molar-refractivity contribution in [3.8, 4) is 11.5 Å². The fraction of sp³-hybridized carbons (Fsp3) is 0.286. The van der Waals surface area contributed by atoms with Gasteiger partial charge in [-0.25, -0.2) is 9.59 Å². The first-order valence-corrected chi connectivity index (χ1v) is 9.22. The standard InChI is InChI=1S/C21H24N2O6/c1-3-22-21(26)23-20(25)19(15-8-6-5-7-9-15)29-18(24)14-28-17-12-10-16(11-13-17)27-4-2/h5-13,19H,3-4,14H2,1-2H3,(H2,22,23,25,26)/t19-/m0/s1. The Morgan fingerprint density at radius 3 is 2.10 bits per heavy atom. The van der Waals surface area contributed by atoms with Gasteiger partial charge in [0.2, 0.25) is 6.10 Å².